The largest absolute Gasteiger partial charge is 0.491 e. The summed E-state index contributed by atoms with van der Waals surface area (Å²) < 4.78 is 11.5. The summed E-state index contributed by atoms with van der Waals surface area (Å²) in [5.41, 5.74) is 1.38. The molecule has 1 saturated heterocycles. The number of carbonyl (C=O) groups excluding carboxylic acids is 3. The van der Waals surface area contributed by atoms with Gasteiger partial charge >= 0.3 is 0 Å². The number of benzene rings is 2. The number of amides is 3. The van der Waals surface area contributed by atoms with E-state index >= 15 is 0 Å². The van der Waals surface area contributed by atoms with Crippen molar-refractivity contribution < 1.29 is 23.9 Å². The van der Waals surface area contributed by atoms with Gasteiger partial charge in [-0.25, -0.2) is 0 Å². The lowest BCUT2D eigenvalue weighted by atomic mass is 10.2. The van der Waals surface area contributed by atoms with Crippen molar-refractivity contribution in [2.24, 2.45) is 0 Å². The van der Waals surface area contributed by atoms with Crippen LogP contribution in [0.2, 0.25) is 5.02 Å². The van der Waals surface area contributed by atoms with Gasteiger partial charge in [0.15, 0.2) is 0 Å². The highest BCUT2D eigenvalue weighted by molar-refractivity contribution is 6.31. The maximum atomic E-state index is 12.5. The van der Waals surface area contributed by atoms with Crippen molar-refractivity contribution in [1.29, 1.82) is 0 Å². The molecular formula is C23H26ClN3O5. The fraction of sp³-hybridized carbons (Fsp3) is 0.348. The van der Waals surface area contributed by atoms with Gasteiger partial charge in [-0.15, -0.1) is 0 Å². The van der Waals surface area contributed by atoms with Gasteiger partial charge < -0.3 is 25.0 Å². The number of carbonyl (C=O) groups is 3. The van der Waals surface area contributed by atoms with Crippen LogP contribution in [0.15, 0.2) is 48.5 Å². The highest BCUT2D eigenvalue weighted by atomic mass is 35.5. The van der Waals surface area contributed by atoms with Crippen LogP contribution in [-0.2, 0) is 14.3 Å². The van der Waals surface area contributed by atoms with Crippen LogP contribution in [0.3, 0.4) is 0 Å². The topological polar surface area (TPSA) is 97.0 Å². The summed E-state index contributed by atoms with van der Waals surface area (Å²) in [4.78, 5) is 38.1. The molecule has 170 valence electrons. The van der Waals surface area contributed by atoms with E-state index in [0.29, 0.717) is 42.6 Å². The summed E-state index contributed by atoms with van der Waals surface area (Å²) in [6.45, 7) is 3.03. The summed E-state index contributed by atoms with van der Waals surface area (Å²) in [7, 11) is 0. The minimum atomic E-state index is -0.436. The van der Waals surface area contributed by atoms with Gasteiger partial charge in [-0.1, -0.05) is 29.8 Å². The summed E-state index contributed by atoms with van der Waals surface area (Å²) in [5, 5.41) is 5.74. The van der Waals surface area contributed by atoms with E-state index in [9.17, 15) is 14.4 Å². The van der Waals surface area contributed by atoms with E-state index in [1.165, 1.54) is 0 Å². The van der Waals surface area contributed by atoms with E-state index in [0.717, 1.165) is 5.56 Å². The zero-order valence-corrected chi connectivity index (χ0v) is 18.6. The summed E-state index contributed by atoms with van der Waals surface area (Å²) >= 11 is 6.02. The molecule has 2 N–H and O–H groups in total. The van der Waals surface area contributed by atoms with Gasteiger partial charge in [-0.2, -0.15) is 0 Å². The molecule has 1 heterocycles. The fourth-order valence-corrected chi connectivity index (χ4v) is 3.26. The third-order valence-corrected chi connectivity index (χ3v) is 5.36. The van der Waals surface area contributed by atoms with Gasteiger partial charge in [0.05, 0.1) is 26.2 Å². The zero-order valence-electron chi connectivity index (χ0n) is 17.8. The second-order valence-corrected chi connectivity index (χ2v) is 7.79. The lowest BCUT2D eigenvalue weighted by Crippen LogP contribution is -2.51. The van der Waals surface area contributed by atoms with E-state index in [-0.39, 0.29) is 31.0 Å². The number of halogens is 1. The van der Waals surface area contributed by atoms with E-state index in [1.807, 2.05) is 13.0 Å². The molecule has 1 fully saturated rings. The van der Waals surface area contributed by atoms with Crippen molar-refractivity contribution in [3.63, 3.8) is 0 Å². The number of ether oxygens (including phenoxy) is 2. The monoisotopic (exact) mass is 459 g/mol. The van der Waals surface area contributed by atoms with E-state index in [2.05, 4.69) is 10.6 Å². The molecule has 9 heteroatoms. The third-order valence-electron chi connectivity index (χ3n) is 4.94. The van der Waals surface area contributed by atoms with Crippen molar-refractivity contribution >= 4 is 29.3 Å². The Labute approximate surface area is 191 Å². The Balaban J connectivity index is 1.38. The van der Waals surface area contributed by atoms with Crippen molar-refractivity contribution in [1.82, 2.24) is 15.5 Å². The highest BCUT2D eigenvalue weighted by Gasteiger charge is 2.25. The number of rotatable bonds is 8. The first-order chi connectivity index (χ1) is 15.4. The Kier molecular flexibility index (Phi) is 8.47. The SMILES string of the molecule is Cc1cc(OC[C@H]2CN(C(=O)CNC(=O)CNC(=O)c3ccccc3)CCO2)ccc1Cl. The van der Waals surface area contributed by atoms with Crippen molar-refractivity contribution in [3.05, 3.63) is 64.7 Å². The molecule has 1 aliphatic rings. The molecule has 0 aliphatic carbocycles. The van der Waals surface area contributed by atoms with E-state index < -0.39 is 5.91 Å². The van der Waals surface area contributed by atoms with Crippen LogP contribution in [0, 0.1) is 6.92 Å². The first-order valence-electron chi connectivity index (χ1n) is 10.3. The van der Waals surface area contributed by atoms with Crippen LogP contribution in [0.1, 0.15) is 15.9 Å². The molecule has 1 atom stereocenters. The van der Waals surface area contributed by atoms with Crippen LogP contribution >= 0.6 is 11.6 Å². The van der Waals surface area contributed by atoms with Gasteiger partial charge in [0.25, 0.3) is 5.91 Å². The van der Waals surface area contributed by atoms with Crippen molar-refractivity contribution in [2.75, 3.05) is 39.4 Å². The molecule has 8 nitrogen and oxygen atoms in total. The molecule has 2 aromatic carbocycles. The number of aryl methyl sites for hydroxylation is 1. The van der Waals surface area contributed by atoms with E-state index in [4.69, 9.17) is 21.1 Å². The summed E-state index contributed by atoms with van der Waals surface area (Å²) in [6, 6.07) is 14.0. The quantitative estimate of drug-likeness (QED) is 0.627. The molecule has 3 amide bonds. The minimum absolute atomic E-state index is 0.149. The van der Waals surface area contributed by atoms with Crippen LogP contribution in [0.5, 0.6) is 5.75 Å². The third kappa shape index (κ3) is 6.96. The molecule has 0 bridgehead atoms. The molecular weight excluding hydrogens is 434 g/mol. The number of hydrogen-bond donors (Lipinski definition) is 2. The Morgan fingerprint density at radius 3 is 2.66 bits per heavy atom. The van der Waals surface area contributed by atoms with Crippen molar-refractivity contribution in [3.8, 4) is 5.75 Å². The normalized spacial score (nSPS) is 15.7. The summed E-state index contributed by atoms with van der Waals surface area (Å²) in [5.74, 6) is -0.319. The van der Waals surface area contributed by atoms with Gasteiger partial charge in [-0.05, 0) is 42.8 Å². The van der Waals surface area contributed by atoms with Crippen LogP contribution in [0.4, 0.5) is 0 Å². The van der Waals surface area contributed by atoms with Crippen molar-refractivity contribution in [2.45, 2.75) is 13.0 Å². The van der Waals surface area contributed by atoms with Gasteiger partial charge in [0, 0.05) is 17.1 Å². The highest BCUT2D eigenvalue weighted by Crippen LogP contribution is 2.21. The number of nitrogens with zero attached hydrogens (tertiary/aromatic N) is 1. The Morgan fingerprint density at radius 1 is 1.12 bits per heavy atom. The molecule has 0 saturated carbocycles. The molecule has 3 rings (SSSR count). The lowest BCUT2D eigenvalue weighted by Gasteiger charge is -2.33. The second-order valence-electron chi connectivity index (χ2n) is 7.38. The smallest absolute Gasteiger partial charge is 0.251 e. The number of morpholine rings is 1. The predicted octanol–water partition coefficient (Wildman–Crippen LogP) is 1.80. The van der Waals surface area contributed by atoms with Gasteiger partial charge in [0.1, 0.15) is 18.5 Å². The molecule has 0 aromatic heterocycles. The van der Waals surface area contributed by atoms with Gasteiger partial charge in [-0.3, -0.25) is 14.4 Å². The Morgan fingerprint density at radius 2 is 1.91 bits per heavy atom. The average molecular weight is 460 g/mol. The maximum Gasteiger partial charge on any atom is 0.251 e. The molecule has 32 heavy (non-hydrogen) atoms. The maximum absolute atomic E-state index is 12.5. The molecule has 0 unspecified atom stereocenters. The standard InChI is InChI=1S/C23H26ClN3O5/c1-16-11-18(7-8-20(16)24)32-15-19-14-27(9-10-31-19)22(29)13-25-21(28)12-26-23(30)17-5-3-2-4-6-17/h2-8,11,19H,9-10,12-15H2,1H3,(H,25,28)(H,26,30)/t19-/m1/s1. The fourth-order valence-electron chi connectivity index (χ4n) is 3.14. The zero-order chi connectivity index (χ0) is 22.9. The number of nitrogens with one attached hydrogen (secondary N) is 2. The Hall–Kier alpha value is -3.10. The molecule has 2 aromatic rings. The Bertz CT molecular complexity index is 954. The number of hydrogen-bond acceptors (Lipinski definition) is 5. The van der Waals surface area contributed by atoms with E-state index in [1.54, 1.807) is 47.4 Å². The molecule has 0 radical (unpaired) electrons. The summed E-state index contributed by atoms with van der Waals surface area (Å²) in [6.07, 6.45) is -0.274. The van der Waals surface area contributed by atoms with Crippen LogP contribution in [-0.4, -0.2) is 68.1 Å². The van der Waals surface area contributed by atoms with Crippen LogP contribution < -0.4 is 15.4 Å². The first kappa shape index (κ1) is 23.6. The molecule has 0 spiro atoms. The first-order valence-corrected chi connectivity index (χ1v) is 10.7. The van der Waals surface area contributed by atoms with Gasteiger partial charge in [0.2, 0.25) is 11.8 Å². The molecule has 1 aliphatic heterocycles. The minimum Gasteiger partial charge on any atom is -0.491 e. The van der Waals surface area contributed by atoms with Crippen LogP contribution in [0.25, 0.3) is 0 Å². The average Bonchev–Trinajstić information content (AvgIpc) is 2.82. The lowest BCUT2D eigenvalue weighted by molar-refractivity contribution is -0.140. The second kappa shape index (κ2) is 11.5. The predicted molar refractivity (Wildman–Crippen MR) is 120 cm³/mol.